The predicted octanol–water partition coefficient (Wildman–Crippen LogP) is 17.4. The predicted molar refractivity (Wildman–Crippen MR) is 308 cm³/mol. The molecule has 6 atom stereocenters. The molecular weight excluding hydrogens is 887 g/mol. The molecule has 1 heterocycles. The van der Waals surface area contributed by atoms with Crippen LogP contribution >= 0.6 is 0 Å². The van der Waals surface area contributed by atoms with Crippen molar-refractivity contribution in [1.82, 2.24) is 4.90 Å². The van der Waals surface area contributed by atoms with Crippen LogP contribution in [-0.4, -0.2) is 53.3 Å². The molecule has 0 bridgehead atoms. The van der Waals surface area contributed by atoms with E-state index in [2.05, 4.69) is 71.7 Å². The lowest BCUT2D eigenvalue weighted by molar-refractivity contribution is -0.123. The van der Waals surface area contributed by atoms with E-state index < -0.39 is 0 Å². The van der Waals surface area contributed by atoms with Crippen molar-refractivity contribution in [3.05, 3.63) is 114 Å². The normalized spacial score (nSPS) is 19.8. The molecule has 3 fully saturated rings. The molecule has 0 radical (unpaired) electrons. The van der Waals surface area contributed by atoms with Crippen molar-refractivity contribution >= 4 is 23.1 Å². The largest absolute Gasteiger partial charge is 0.508 e. The molecule has 6 heteroatoms. The Balaban J connectivity index is 0.000000442. The molecule has 3 aliphatic rings. The van der Waals surface area contributed by atoms with Crippen LogP contribution in [0.1, 0.15) is 221 Å². The van der Waals surface area contributed by atoms with Gasteiger partial charge in [-0.3, -0.25) is 19.2 Å². The van der Waals surface area contributed by atoms with Crippen molar-refractivity contribution in [2.45, 2.75) is 216 Å². The van der Waals surface area contributed by atoms with E-state index in [1.807, 2.05) is 86.7 Å². The third-order valence-corrected chi connectivity index (χ3v) is 15.9. The van der Waals surface area contributed by atoms with Gasteiger partial charge in [0.2, 0.25) is 0 Å². The Labute approximate surface area is 442 Å². The summed E-state index contributed by atoms with van der Waals surface area (Å²) < 4.78 is 0. The molecule has 2 saturated carbocycles. The summed E-state index contributed by atoms with van der Waals surface area (Å²) in [5, 5.41) is 9.59. The molecule has 1 saturated heterocycles. The van der Waals surface area contributed by atoms with Crippen molar-refractivity contribution in [2.75, 3.05) is 20.1 Å². The van der Waals surface area contributed by atoms with Gasteiger partial charge in [0.15, 0.2) is 0 Å². The van der Waals surface area contributed by atoms with Crippen molar-refractivity contribution < 1.29 is 24.3 Å². The quantitative estimate of drug-likeness (QED) is 0.136. The third-order valence-electron chi connectivity index (χ3n) is 15.9. The maximum atomic E-state index is 11.4. The van der Waals surface area contributed by atoms with E-state index in [1.165, 1.54) is 75.3 Å². The Kier molecular flexibility index (Phi) is 35.1. The number of hydrogen-bond donors (Lipinski definition) is 1. The number of piperidine rings is 1. The minimum absolute atomic E-state index is 0.103. The summed E-state index contributed by atoms with van der Waals surface area (Å²) in [5.41, 5.74) is 3.88. The molecule has 0 spiro atoms. The molecule has 0 amide bonds. The van der Waals surface area contributed by atoms with Crippen LogP contribution in [0.25, 0.3) is 0 Å². The van der Waals surface area contributed by atoms with Crippen molar-refractivity contribution in [3.8, 4) is 5.75 Å². The first-order chi connectivity index (χ1) is 34.4. The van der Waals surface area contributed by atoms with Gasteiger partial charge in [-0.1, -0.05) is 191 Å². The third kappa shape index (κ3) is 26.2. The topological polar surface area (TPSA) is 91.8 Å². The van der Waals surface area contributed by atoms with Gasteiger partial charge in [-0.2, -0.15) is 0 Å². The minimum atomic E-state index is 0.103. The van der Waals surface area contributed by atoms with Gasteiger partial charge >= 0.3 is 0 Å². The number of likely N-dealkylation sites (tertiary alicyclic amines) is 1. The summed E-state index contributed by atoms with van der Waals surface area (Å²) in [6.45, 7) is 26.2. The minimum Gasteiger partial charge on any atom is -0.508 e. The fourth-order valence-electron chi connectivity index (χ4n) is 10.8. The molecule has 1 N–H and O–H groups in total. The summed E-state index contributed by atoms with van der Waals surface area (Å²) in [6, 6.07) is 27.9. The molecular formula is C66H105NO5. The highest BCUT2D eigenvalue weighted by atomic mass is 16.3. The summed E-state index contributed by atoms with van der Waals surface area (Å²) >= 11 is 0. The number of carbonyl (C=O) groups is 4. The molecule has 0 aromatic heterocycles. The highest BCUT2D eigenvalue weighted by Gasteiger charge is 2.37. The van der Waals surface area contributed by atoms with Crippen LogP contribution in [0.2, 0.25) is 0 Å². The maximum Gasteiger partial charge on any atom is 0.137 e. The number of carbonyl (C=O) groups excluding carboxylic acids is 4. The van der Waals surface area contributed by atoms with E-state index in [4.69, 9.17) is 0 Å². The number of aromatic hydroxyl groups is 1. The van der Waals surface area contributed by atoms with Gasteiger partial charge in [-0.15, -0.1) is 0 Å². The van der Waals surface area contributed by atoms with E-state index in [1.54, 1.807) is 33.8 Å². The molecule has 3 aromatic rings. The molecule has 1 aliphatic heterocycles. The Bertz CT molecular complexity index is 1910. The molecule has 404 valence electrons. The van der Waals surface area contributed by atoms with E-state index in [9.17, 15) is 24.3 Å². The Morgan fingerprint density at radius 1 is 0.667 bits per heavy atom. The first-order valence-corrected chi connectivity index (χ1v) is 28.6. The molecule has 6 nitrogen and oxygen atoms in total. The first kappa shape index (κ1) is 65.9. The fourth-order valence-corrected chi connectivity index (χ4v) is 10.8. The van der Waals surface area contributed by atoms with Crippen molar-refractivity contribution in [2.24, 2.45) is 35.5 Å². The zero-order valence-electron chi connectivity index (χ0n) is 48.2. The Morgan fingerprint density at radius 2 is 1.19 bits per heavy atom. The zero-order chi connectivity index (χ0) is 53.9. The fraction of sp³-hybridized carbons (Fsp3) is 0.636. The summed E-state index contributed by atoms with van der Waals surface area (Å²) in [7, 11) is 2.18. The summed E-state index contributed by atoms with van der Waals surface area (Å²) in [4.78, 5) is 47.6. The number of hydrogen-bond acceptors (Lipinski definition) is 6. The van der Waals surface area contributed by atoms with E-state index >= 15 is 0 Å². The van der Waals surface area contributed by atoms with E-state index in [0.29, 0.717) is 46.8 Å². The number of Topliss-reactive ketones (excluding diaryl/α,β-unsaturated/α-hetero) is 4. The number of phenolic OH excluding ortho intramolecular Hbond substituents is 1. The summed E-state index contributed by atoms with van der Waals surface area (Å²) in [6.07, 6.45) is 27.0. The highest BCUT2D eigenvalue weighted by molar-refractivity contribution is 5.83. The second-order valence-corrected chi connectivity index (χ2v) is 21.7. The molecule has 6 unspecified atom stereocenters. The van der Waals surface area contributed by atoms with Crippen LogP contribution in [0.5, 0.6) is 5.75 Å². The Morgan fingerprint density at radius 3 is 1.64 bits per heavy atom. The molecule has 2 aliphatic carbocycles. The smallest absolute Gasteiger partial charge is 0.137 e. The number of allylic oxidation sites excluding steroid dienone is 2. The molecule has 3 aromatic carbocycles. The Hall–Kier alpha value is -4.16. The number of rotatable bonds is 17. The zero-order valence-corrected chi connectivity index (χ0v) is 48.2. The average molecular weight is 993 g/mol. The second-order valence-electron chi connectivity index (χ2n) is 21.7. The van der Waals surface area contributed by atoms with Gasteiger partial charge < -0.3 is 10.0 Å². The van der Waals surface area contributed by atoms with Gasteiger partial charge in [0, 0.05) is 30.2 Å². The average Bonchev–Trinajstić information content (AvgIpc) is 3.38. The number of nitrogens with zero attached hydrogens (tertiary/aromatic N) is 1. The van der Waals surface area contributed by atoms with Gasteiger partial charge in [-0.05, 0) is 165 Å². The number of phenols is 1. The van der Waals surface area contributed by atoms with Crippen molar-refractivity contribution in [1.29, 1.82) is 0 Å². The summed E-state index contributed by atoms with van der Waals surface area (Å²) in [5.74, 6) is 4.98. The van der Waals surface area contributed by atoms with E-state index in [0.717, 1.165) is 82.4 Å². The van der Waals surface area contributed by atoms with E-state index in [-0.39, 0.29) is 23.0 Å². The van der Waals surface area contributed by atoms with Gasteiger partial charge in [0.1, 0.15) is 28.9 Å². The number of ketones is 4. The van der Waals surface area contributed by atoms with Crippen LogP contribution in [0.4, 0.5) is 0 Å². The SMILES string of the molecule is CC1CN(C)CCC1(C)c1cccc(O)c1.CC=CC.CCC(CC1CCCCC1)C(C)=O.CCC(Cc1ccccc1)C(C)=O.CCCC(C(C)=O)C1CCCCC1.CCCC(C(C)=O)c1ccccc1. The maximum absolute atomic E-state index is 11.4. The van der Waals surface area contributed by atoms with Crippen LogP contribution in [0, 0.1) is 35.5 Å². The van der Waals surface area contributed by atoms with Gasteiger partial charge in [0.25, 0.3) is 0 Å². The van der Waals surface area contributed by atoms with Crippen LogP contribution in [0.15, 0.2) is 97.1 Å². The molecule has 6 rings (SSSR count). The highest BCUT2D eigenvalue weighted by Crippen LogP contribution is 2.40. The van der Waals surface area contributed by atoms with Crippen molar-refractivity contribution in [3.63, 3.8) is 0 Å². The van der Waals surface area contributed by atoms with Crippen LogP contribution in [-0.2, 0) is 31.0 Å². The standard InChI is InChI=1S/C14H21NO.C12H22O.C12H16O.C12H22O.C12H16O.C4H8/c1-11-10-15(3)8-7-14(11,2)12-5-4-6-13(16)9-12;2*1-3-12(10(2)13)9-11-7-5-4-6-8-11;2*1-3-7-12(10(2)13)11-8-5-4-6-9-11;1-3-4-2/h4-6,9,11,16H,7-8,10H2,1-3H3;11-12H,3-9H2,1-2H3;4-8,12H,3,9H2,1-2H3;11-12H,3-9H2,1-2H3;4-6,8-9,12H,3,7H2,1-2H3;3-4H,1-2H3. The van der Waals surface area contributed by atoms with Crippen LogP contribution in [0.3, 0.4) is 0 Å². The lowest BCUT2D eigenvalue weighted by Gasteiger charge is -2.44. The monoisotopic (exact) mass is 992 g/mol. The van der Waals surface area contributed by atoms with Gasteiger partial charge in [-0.25, -0.2) is 0 Å². The molecule has 72 heavy (non-hydrogen) atoms. The lowest BCUT2D eigenvalue weighted by atomic mass is 9.68. The van der Waals surface area contributed by atoms with Crippen LogP contribution < -0.4 is 0 Å². The van der Waals surface area contributed by atoms with Gasteiger partial charge in [0.05, 0.1) is 0 Å². The lowest BCUT2D eigenvalue weighted by Crippen LogP contribution is -2.45. The first-order valence-electron chi connectivity index (χ1n) is 28.6. The second kappa shape index (κ2) is 38.4. The number of benzene rings is 3.